The van der Waals surface area contributed by atoms with Crippen molar-refractivity contribution in [3.63, 3.8) is 0 Å². The number of carbonyl (C=O) groups excluding carboxylic acids is 2. The van der Waals surface area contributed by atoms with E-state index in [1.807, 2.05) is 13.8 Å². The number of hydrogen-bond donors (Lipinski definition) is 1. The third kappa shape index (κ3) is 3.12. The van der Waals surface area contributed by atoms with Gasteiger partial charge < -0.3 is 14.6 Å². The minimum absolute atomic E-state index is 0.0840. The van der Waals surface area contributed by atoms with Crippen molar-refractivity contribution < 1.29 is 14.0 Å². The molecule has 2 heterocycles. The molecule has 1 fully saturated rings. The van der Waals surface area contributed by atoms with Gasteiger partial charge in [-0.25, -0.2) is 0 Å². The lowest BCUT2D eigenvalue weighted by molar-refractivity contribution is -0.125. The Hall–Kier alpha value is -1.43. The van der Waals surface area contributed by atoms with Crippen LogP contribution in [0.25, 0.3) is 0 Å². The Labute approximate surface area is 116 Å². The molecule has 1 N–H and O–H groups in total. The molecule has 2 amide bonds. The van der Waals surface area contributed by atoms with Crippen LogP contribution in [0.2, 0.25) is 0 Å². The SMILES string of the molecule is CCC(C)NC(=O)C1CSCN1C(=O)c1ccco1. The number of nitrogens with zero attached hydrogens (tertiary/aromatic N) is 1. The van der Waals surface area contributed by atoms with Crippen LogP contribution in [0, 0.1) is 0 Å². The van der Waals surface area contributed by atoms with Gasteiger partial charge in [0.25, 0.3) is 5.91 Å². The molecule has 5 nitrogen and oxygen atoms in total. The zero-order chi connectivity index (χ0) is 13.8. The number of furan rings is 1. The van der Waals surface area contributed by atoms with Gasteiger partial charge in [0, 0.05) is 11.8 Å². The Morgan fingerprint density at radius 2 is 2.42 bits per heavy atom. The molecule has 0 radical (unpaired) electrons. The first kappa shape index (κ1) is 14.0. The molecule has 0 saturated carbocycles. The predicted molar refractivity (Wildman–Crippen MR) is 73.9 cm³/mol. The molecule has 1 aliphatic rings. The highest BCUT2D eigenvalue weighted by Crippen LogP contribution is 2.23. The second-order valence-electron chi connectivity index (χ2n) is 4.59. The molecule has 19 heavy (non-hydrogen) atoms. The van der Waals surface area contributed by atoms with Gasteiger partial charge >= 0.3 is 0 Å². The molecular formula is C13H18N2O3S. The molecule has 104 valence electrons. The van der Waals surface area contributed by atoms with Crippen LogP contribution in [-0.2, 0) is 4.79 Å². The van der Waals surface area contributed by atoms with Gasteiger partial charge in [0.1, 0.15) is 6.04 Å². The van der Waals surface area contributed by atoms with Gasteiger partial charge in [-0.05, 0) is 25.5 Å². The van der Waals surface area contributed by atoms with Crippen LogP contribution in [0.1, 0.15) is 30.8 Å². The average molecular weight is 282 g/mol. The van der Waals surface area contributed by atoms with E-state index in [2.05, 4.69) is 5.32 Å². The Kier molecular flexibility index (Phi) is 4.52. The standard InChI is InChI=1S/C13H18N2O3S/c1-3-9(2)14-12(16)10-7-19-8-15(10)13(17)11-5-4-6-18-11/h4-6,9-10H,3,7-8H2,1-2H3,(H,14,16). The Balaban J connectivity index is 2.04. The highest BCUT2D eigenvalue weighted by atomic mass is 32.2. The smallest absolute Gasteiger partial charge is 0.290 e. The summed E-state index contributed by atoms with van der Waals surface area (Å²) in [6, 6.07) is 3.01. The summed E-state index contributed by atoms with van der Waals surface area (Å²) in [6.07, 6.45) is 2.34. The molecule has 1 aromatic rings. The fourth-order valence-corrected chi connectivity index (χ4v) is 3.00. The first-order valence-electron chi connectivity index (χ1n) is 6.36. The van der Waals surface area contributed by atoms with E-state index in [0.717, 1.165) is 6.42 Å². The number of rotatable bonds is 4. The fourth-order valence-electron chi connectivity index (χ4n) is 1.84. The second-order valence-corrected chi connectivity index (χ2v) is 5.59. The van der Waals surface area contributed by atoms with Crippen molar-refractivity contribution in [2.45, 2.75) is 32.4 Å². The first-order chi connectivity index (χ1) is 9.13. The molecule has 2 rings (SSSR count). The van der Waals surface area contributed by atoms with Crippen molar-refractivity contribution in [2.75, 3.05) is 11.6 Å². The van der Waals surface area contributed by atoms with E-state index in [0.29, 0.717) is 11.6 Å². The van der Waals surface area contributed by atoms with E-state index in [-0.39, 0.29) is 23.6 Å². The maximum Gasteiger partial charge on any atom is 0.290 e. The summed E-state index contributed by atoms with van der Waals surface area (Å²) in [6.45, 7) is 3.97. The molecule has 0 bridgehead atoms. The van der Waals surface area contributed by atoms with Gasteiger partial charge in [-0.3, -0.25) is 9.59 Å². The van der Waals surface area contributed by atoms with E-state index in [1.54, 1.807) is 28.8 Å². The van der Waals surface area contributed by atoms with Crippen LogP contribution in [0.5, 0.6) is 0 Å². The lowest BCUT2D eigenvalue weighted by atomic mass is 10.2. The first-order valence-corrected chi connectivity index (χ1v) is 7.51. The molecule has 6 heteroatoms. The van der Waals surface area contributed by atoms with Crippen molar-refractivity contribution in [3.8, 4) is 0 Å². The topological polar surface area (TPSA) is 62.6 Å². The minimum atomic E-state index is -0.406. The highest BCUT2D eigenvalue weighted by molar-refractivity contribution is 7.99. The molecule has 1 aliphatic heterocycles. The van der Waals surface area contributed by atoms with Crippen LogP contribution < -0.4 is 5.32 Å². The maximum absolute atomic E-state index is 12.2. The normalized spacial score (nSPS) is 20.3. The Morgan fingerprint density at radius 3 is 3.05 bits per heavy atom. The van der Waals surface area contributed by atoms with Crippen LogP contribution in [0.4, 0.5) is 0 Å². The molecule has 1 aromatic heterocycles. The lowest BCUT2D eigenvalue weighted by Crippen LogP contribution is -2.49. The zero-order valence-corrected chi connectivity index (χ0v) is 11.9. The van der Waals surface area contributed by atoms with Gasteiger partial charge in [0.2, 0.25) is 5.91 Å². The summed E-state index contributed by atoms with van der Waals surface area (Å²) in [5.74, 6) is 1.13. The number of nitrogens with one attached hydrogen (secondary N) is 1. The predicted octanol–water partition coefficient (Wildman–Crippen LogP) is 1.71. The van der Waals surface area contributed by atoms with Gasteiger partial charge in [-0.15, -0.1) is 11.8 Å². The summed E-state index contributed by atoms with van der Waals surface area (Å²) in [5.41, 5.74) is 0. The van der Waals surface area contributed by atoms with Gasteiger partial charge in [-0.2, -0.15) is 0 Å². The van der Waals surface area contributed by atoms with E-state index in [9.17, 15) is 9.59 Å². The monoisotopic (exact) mass is 282 g/mol. The average Bonchev–Trinajstić information content (AvgIpc) is 3.08. The summed E-state index contributed by atoms with van der Waals surface area (Å²) in [7, 11) is 0. The van der Waals surface area contributed by atoms with Gasteiger partial charge in [0.15, 0.2) is 5.76 Å². The third-order valence-electron chi connectivity index (χ3n) is 3.18. The quantitative estimate of drug-likeness (QED) is 0.913. The largest absolute Gasteiger partial charge is 0.459 e. The fraction of sp³-hybridized carbons (Fsp3) is 0.538. The van der Waals surface area contributed by atoms with Crippen LogP contribution in [-0.4, -0.2) is 40.4 Å². The summed E-state index contributed by atoms with van der Waals surface area (Å²) in [4.78, 5) is 25.9. The van der Waals surface area contributed by atoms with Crippen LogP contribution >= 0.6 is 11.8 Å². The molecular weight excluding hydrogens is 264 g/mol. The van der Waals surface area contributed by atoms with Crippen molar-refractivity contribution in [3.05, 3.63) is 24.2 Å². The van der Waals surface area contributed by atoms with Gasteiger partial charge in [0.05, 0.1) is 12.1 Å². The summed E-state index contributed by atoms with van der Waals surface area (Å²) >= 11 is 1.58. The van der Waals surface area contributed by atoms with Gasteiger partial charge in [-0.1, -0.05) is 6.92 Å². The second kappa shape index (κ2) is 6.14. The van der Waals surface area contributed by atoms with E-state index < -0.39 is 6.04 Å². The number of hydrogen-bond acceptors (Lipinski definition) is 4. The zero-order valence-electron chi connectivity index (χ0n) is 11.1. The molecule has 0 aromatic carbocycles. The van der Waals surface area contributed by atoms with Crippen LogP contribution in [0.15, 0.2) is 22.8 Å². The maximum atomic E-state index is 12.2. The third-order valence-corrected chi connectivity index (χ3v) is 4.19. The Bertz CT molecular complexity index is 447. The summed E-state index contributed by atoms with van der Waals surface area (Å²) in [5, 5.41) is 2.92. The Morgan fingerprint density at radius 1 is 1.63 bits per heavy atom. The highest BCUT2D eigenvalue weighted by Gasteiger charge is 2.36. The number of thioether (sulfide) groups is 1. The van der Waals surface area contributed by atoms with E-state index in [4.69, 9.17) is 4.42 Å². The van der Waals surface area contributed by atoms with Crippen molar-refractivity contribution in [1.29, 1.82) is 0 Å². The minimum Gasteiger partial charge on any atom is -0.459 e. The molecule has 2 atom stereocenters. The van der Waals surface area contributed by atoms with E-state index in [1.165, 1.54) is 6.26 Å². The van der Waals surface area contributed by atoms with Crippen molar-refractivity contribution >= 4 is 23.6 Å². The molecule has 2 unspecified atom stereocenters. The van der Waals surface area contributed by atoms with Crippen molar-refractivity contribution in [1.82, 2.24) is 10.2 Å². The van der Waals surface area contributed by atoms with Crippen molar-refractivity contribution in [2.24, 2.45) is 0 Å². The number of carbonyl (C=O) groups is 2. The van der Waals surface area contributed by atoms with Crippen LogP contribution in [0.3, 0.4) is 0 Å². The lowest BCUT2D eigenvalue weighted by Gasteiger charge is -2.23. The molecule has 1 saturated heterocycles. The summed E-state index contributed by atoms with van der Waals surface area (Å²) < 4.78 is 5.11. The molecule has 0 aliphatic carbocycles. The van der Waals surface area contributed by atoms with E-state index >= 15 is 0 Å². The molecule has 0 spiro atoms. The number of amides is 2.